The number of nitrogens with one attached hydrogen (secondary N) is 2. The van der Waals surface area contributed by atoms with Gasteiger partial charge in [0.25, 0.3) is 10.1 Å². The molecule has 0 saturated heterocycles. The fourth-order valence-electron chi connectivity index (χ4n) is 2.05. The topological polar surface area (TPSA) is 165 Å². The van der Waals surface area contributed by atoms with Crippen LogP contribution in [0.5, 0.6) is 0 Å². The third kappa shape index (κ3) is 6.09. The van der Waals surface area contributed by atoms with E-state index in [2.05, 4.69) is 20.3 Å². The zero-order valence-electron chi connectivity index (χ0n) is 14.9. The second-order valence-electron chi connectivity index (χ2n) is 5.81. The number of pyridine rings is 1. The maximum absolute atomic E-state index is 11.1. The summed E-state index contributed by atoms with van der Waals surface area (Å²) < 4.78 is 29.6. The van der Waals surface area contributed by atoms with Crippen molar-refractivity contribution in [1.29, 1.82) is 0 Å². The standard InChI is InChI=1S/C10H12N4O3.C7H8O3S/c15-4-7(5-16)12-10-11-3-6-1-2-8(17)13-9(6)14-10;1-6-2-4-7(5-3-6)11(8,9)10/h1-3,7,15-16H,4-5H2,(H2,11,12,13,14,17);2-5H,1H3,(H,8,9,10). The Balaban J connectivity index is 0.000000221. The highest BCUT2D eigenvalue weighted by Crippen LogP contribution is 2.09. The summed E-state index contributed by atoms with van der Waals surface area (Å²) in [6, 6.07) is 8.47. The summed E-state index contributed by atoms with van der Waals surface area (Å²) in [5.74, 6) is 0.243. The highest BCUT2D eigenvalue weighted by Gasteiger charge is 2.08. The van der Waals surface area contributed by atoms with Crippen LogP contribution in [0.4, 0.5) is 5.95 Å². The van der Waals surface area contributed by atoms with Gasteiger partial charge in [0, 0.05) is 17.6 Å². The van der Waals surface area contributed by atoms with Gasteiger partial charge in [-0.2, -0.15) is 13.4 Å². The smallest absolute Gasteiger partial charge is 0.294 e. The van der Waals surface area contributed by atoms with E-state index in [1.54, 1.807) is 24.4 Å². The number of hydrogen-bond acceptors (Lipinski definition) is 8. The van der Waals surface area contributed by atoms with Crippen molar-refractivity contribution in [3.63, 3.8) is 0 Å². The molecule has 0 radical (unpaired) electrons. The molecule has 28 heavy (non-hydrogen) atoms. The average Bonchev–Trinajstić information content (AvgIpc) is 2.66. The number of fused-ring (bicyclic) bond motifs is 1. The summed E-state index contributed by atoms with van der Waals surface area (Å²) in [5.41, 5.74) is 1.12. The van der Waals surface area contributed by atoms with E-state index >= 15 is 0 Å². The van der Waals surface area contributed by atoms with Gasteiger partial charge in [0.2, 0.25) is 11.5 Å². The highest BCUT2D eigenvalue weighted by atomic mass is 32.2. The van der Waals surface area contributed by atoms with Gasteiger partial charge in [-0.25, -0.2) is 4.98 Å². The number of aryl methyl sites for hydroxylation is 1. The van der Waals surface area contributed by atoms with Crippen molar-refractivity contribution in [2.24, 2.45) is 0 Å². The minimum absolute atomic E-state index is 0.0666. The molecule has 10 nitrogen and oxygen atoms in total. The molecule has 0 unspecified atom stereocenters. The van der Waals surface area contributed by atoms with E-state index in [9.17, 15) is 13.2 Å². The SMILES string of the molecule is Cc1ccc(S(=O)(=O)O)cc1.O=c1ccc2cnc(NC(CO)CO)nc2[nH]1. The van der Waals surface area contributed by atoms with Gasteiger partial charge in [-0.05, 0) is 25.1 Å². The molecule has 3 aromatic rings. The first kappa shape index (κ1) is 21.4. The summed E-state index contributed by atoms with van der Waals surface area (Å²) in [5, 5.41) is 21.3. The lowest BCUT2D eigenvalue weighted by molar-refractivity contribution is 0.203. The number of nitrogens with zero attached hydrogens (tertiary/aromatic N) is 2. The van der Waals surface area contributed by atoms with Crippen LogP contribution in [0, 0.1) is 6.92 Å². The van der Waals surface area contributed by atoms with Crippen molar-refractivity contribution in [2.75, 3.05) is 18.5 Å². The molecular formula is C17H20N4O6S. The fraction of sp³-hybridized carbons (Fsp3) is 0.235. The monoisotopic (exact) mass is 408 g/mol. The molecule has 0 aliphatic carbocycles. The number of aromatic amines is 1. The molecule has 0 amide bonds. The van der Waals surface area contributed by atoms with Gasteiger partial charge >= 0.3 is 0 Å². The molecule has 0 spiro atoms. The van der Waals surface area contributed by atoms with E-state index < -0.39 is 16.2 Å². The largest absolute Gasteiger partial charge is 0.394 e. The molecule has 1 aromatic carbocycles. The first-order valence-corrected chi connectivity index (χ1v) is 9.55. The van der Waals surface area contributed by atoms with Gasteiger partial charge in [-0.15, -0.1) is 0 Å². The number of aliphatic hydroxyl groups excluding tert-OH is 2. The van der Waals surface area contributed by atoms with Gasteiger partial charge in [-0.3, -0.25) is 9.35 Å². The minimum Gasteiger partial charge on any atom is -0.394 e. The Labute approximate surface area is 160 Å². The van der Waals surface area contributed by atoms with Crippen molar-refractivity contribution < 1.29 is 23.2 Å². The number of aliphatic hydroxyl groups is 2. The van der Waals surface area contributed by atoms with Gasteiger partial charge in [0.05, 0.1) is 24.2 Å². The molecule has 11 heteroatoms. The first-order chi connectivity index (χ1) is 13.2. The molecule has 0 aliphatic heterocycles. The lowest BCUT2D eigenvalue weighted by Crippen LogP contribution is -2.28. The minimum atomic E-state index is -4.02. The molecule has 0 atom stereocenters. The Morgan fingerprint density at radius 2 is 1.75 bits per heavy atom. The molecule has 0 fully saturated rings. The predicted molar refractivity (Wildman–Crippen MR) is 103 cm³/mol. The van der Waals surface area contributed by atoms with Crippen LogP contribution in [0.2, 0.25) is 0 Å². The summed E-state index contributed by atoms with van der Waals surface area (Å²) in [7, 11) is -4.02. The molecule has 5 N–H and O–H groups in total. The van der Waals surface area contributed by atoms with E-state index in [0.717, 1.165) is 5.56 Å². The van der Waals surface area contributed by atoms with E-state index in [0.29, 0.717) is 11.0 Å². The number of hydrogen-bond donors (Lipinski definition) is 5. The third-order valence-electron chi connectivity index (χ3n) is 3.57. The number of anilines is 1. The van der Waals surface area contributed by atoms with E-state index in [1.165, 1.54) is 18.2 Å². The van der Waals surface area contributed by atoms with Crippen molar-refractivity contribution in [2.45, 2.75) is 17.9 Å². The van der Waals surface area contributed by atoms with Crippen LogP contribution in [-0.2, 0) is 10.1 Å². The number of benzene rings is 1. The maximum atomic E-state index is 11.1. The third-order valence-corrected chi connectivity index (χ3v) is 4.43. The summed E-state index contributed by atoms with van der Waals surface area (Å²) >= 11 is 0. The zero-order chi connectivity index (χ0) is 20.7. The van der Waals surface area contributed by atoms with Gasteiger partial charge in [0.1, 0.15) is 5.65 Å². The second-order valence-corrected chi connectivity index (χ2v) is 7.24. The molecule has 0 aliphatic rings. The van der Waals surface area contributed by atoms with E-state index in [-0.39, 0.29) is 29.6 Å². The van der Waals surface area contributed by atoms with Crippen molar-refractivity contribution in [3.8, 4) is 0 Å². The van der Waals surface area contributed by atoms with Crippen LogP contribution < -0.4 is 10.9 Å². The average molecular weight is 408 g/mol. The fourth-order valence-corrected chi connectivity index (χ4v) is 2.53. The van der Waals surface area contributed by atoms with Crippen LogP contribution in [-0.4, -0.2) is 57.4 Å². The molecule has 0 bridgehead atoms. The zero-order valence-corrected chi connectivity index (χ0v) is 15.7. The van der Waals surface area contributed by atoms with E-state index in [4.69, 9.17) is 14.8 Å². The van der Waals surface area contributed by atoms with E-state index in [1.807, 2.05) is 6.92 Å². The summed E-state index contributed by atoms with van der Waals surface area (Å²) in [4.78, 5) is 21.7. The van der Waals surface area contributed by atoms with Crippen LogP contribution in [0.15, 0.2) is 52.3 Å². The van der Waals surface area contributed by atoms with Crippen LogP contribution in [0.25, 0.3) is 11.0 Å². The Morgan fingerprint density at radius 1 is 1.11 bits per heavy atom. The number of aromatic nitrogens is 3. The van der Waals surface area contributed by atoms with Crippen molar-refractivity contribution >= 4 is 27.1 Å². The number of rotatable bonds is 5. The van der Waals surface area contributed by atoms with Gasteiger partial charge in [0.15, 0.2) is 0 Å². The molecule has 2 heterocycles. The maximum Gasteiger partial charge on any atom is 0.294 e. The number of H-pyrrole nitrogens is 1. The Bertz CT molecular complexity index is 1080. The molecular weight excluding hydrogens is 388 g/mol. The van der Waals surface area contributed by atoms with Gasteiger partial charge in [-0.1, -0.05) is 17.7 Å². The lowest BCUT2D eigenvalue weighted by atomic mass is 10.2. The summed E-state index contributed by atoms with van der Waals surface area (Å²) in [6.07, 6.45) is 1.55. The normalized spacial score (nSPS) is 11.2. The Morgan fingerprint density at radius 3 is 2.32 bits per heavy atom. The van der Waals surface area contributed by atoms with Gasteiger partial charge < -0.3 is 20.5 Å². The first-order valence-electron chi connectivity index (χ1n) is 8.11. The Hall–Kier alpha value is -2.86. The van der Waals surface area contributed by atoms with Crippen LogP contribution >= 0.6 is 0 Å². The Kier molecular flexibility index (Phi) is 7.18. The highest BCUT2D eigenvalue weighted by molar-refractivity contribution is 7.85. The molecule has 2 aromatic heterocycles. The summed E-state index contributed by atoms with van der Waals surface area (Å²) in [6.45, 7) is 1.38. The molecule has 150 valence electrons. The molecule has 3 rings (SSSR count). The lowest BCUT2D eigenvalue weighted by Gasteiger charge is -2.12. The van der Waals surface area contributed by atoms with Crippen LogP contribution in [0.3, 0.4) is 0 Å². The van der Waals surface area contributed by atoms with Crippen molar-refractivity contribution in [3.05, 3.63) is 58.5 Å². The van der Waals surface area contributed by atoms with Crippen molar-refractivity contribution in [1.82, 2.24) is 15.0 Å². The molecule has 0 saturated carbocycles. The van der Waals surface area contributed by atoms with Crippen LogP contribution in [0.1, 0.15) is 5.56 Å². The second kappa shape index (κ2) is 9.37. The predicted octanol–water partition coefficient (Wildman–Crippen LogP) is 0.325. The quantitative estimate of drug-likeness (QED) is 0.374.